The zero-order valence-corrected chi connectivity index (χ0v) is 40.8. The van der Waals surface area contributed by atoms with E-state index in [4.69, 9.17) is 0 Å². The van der Waals surface area contributed by atoms with Gasteiger partial charge in [0.05, 0.1) is 0 Å². The molecule has 0 bridgehead atoms. The standard InChI is InChI=1S/C57H96O6/c1-4-7-10-13-16-19-22-25-28-31-34-37-40-43-46-49-52(58)55(61)57(63,54(60)51-48-45-42-39-36-33-30-27-24-21-18-15-12-9-6-3)56(62)53(59)50-47-44-41-38-35-32-29-26-23-20-17-14-11-8-5-2/h7,10,16-21,25-30,55-56,61-63H,4-6,8-9,11-15,22-24,31-51H2,1-3H3/b10-7-,19-16-,20-17-,21-18-,28-25-,29-26-,30-27-. The zero-order chi connectivity index (χ0) is 46.3. The van der Waals surface area contributed by atoms with Crippen LogP contribution in [0.4, 0.5) is 0 Å². The molecular formula is C57H96O6. The van der Waals surface area contributed by atoms with Crippen molar-refractivity contribution in [3.05, 3.63) is 85.1 Å². The van der Waals surface area contributed by atoms with E-state index in [1.54, 1.807) is 0 Å². The molecule has 0 heterocycles. The molecule has 0 aromatic rings. The number of Topliss-reactive ketones (excluding diaryl/α,β-unsaturated/α-hetero) is 3. The molecule has 0 aliphatic carbocycles. The van der Waals surface area contributed by atoms with Gasteiger partial charge in [0, 0.05) is 19.3 Å². The number of allylic oxidation sites excluding steroid dienone is 14. The first kappa shape index (κ1) is 60.1. The third kappa shape index (κ3) is 35.1. The van der Waals surface area contributed by atoms with Crippen LogP contribution in [-0.2, 0) is 14.4 Å². The van der Waals surface area contributed by atoms with Crippen LogP contribution in [0.2, 0.25) is 0 Å². The van der Waals surface area contributed by atoms with Gasteiger partial charge in [-0.2, -0.15) is 0 Å². The lowest BCUT2D eigenvalue weighted by atomic mass is 9.78. The zero-order valence-electron chi connectivity index (χ0n) is 40.8. The topological polar surface area (TPSA) is 112 Å². The van der Waals surface area contributed by atoms with Crippen LogP contribution in [0.5, 0.6) is 0 Å². The molecular weight excluding hydrogens is 781 g/mol. The number of hydrogen-bond acceptors (Lipinski definition) is 6. The molecule has 0 rings (SSSR count). The summed E-state index contributed by atoms with van der Waals surface area (Å²) in [4.78, 5) is 40.1. The van der Waals surface area contributed by atoms with Crippen LogP contribution in [0, 0.1) is 0 Å². The van der Waals surface area contributed by atoms with Crippen LogP contribution in [0.15, 0.2) is 85.1 Å². The molecule has 0 aromatic carbocycles. The SMILES string of the molecule is CC/C=C\C/C=C\C/C=C\CCCCCCCC(=O)C(O)C(O)(C(=O)CCCCCCC/C=C\C/C=C\CCCCC)C(O)C(=O)CCCCCCC/C=C\C/C=C\CCCCC. The molecule has 6 heteroatoms. The molecule has 0 amide bonds. The fraction of sp³-hybridized carbons (Fsp3) is 0.702. The Bertz CT molecular complexity index is 1300. The molecule has 0 aromatic heterocycles. The number of unbranched alkanes of at least 4 members (excludes halogenated alkanes) is 21. The van der Waals surface area contributed by atoms with E-state index in [0.29, 0.717) is 19.3 Å². The van der Waals surface area contributed by atoms with E-state index in [0.717, 1.165) is 141 Å². The van der Waals surface area contributed by atoms with Crippen molar-refractivity contribution in [1.82, 2.24) is 0 Å². The second kappa shape index (κ2) is 45.6. The Morgan fingerprint density at radius 3 is 0.968 bits per heavy atom. The maximum Gasteiger partial charge on any atom is 0.189 e. The summed E-state index contributed by atoms with van der Waals surface area (Å²) in [6, 6.07) is 0. The minimum absolute atomic E-state index is 0.0195. The Morgan fingerprint density at radius 2 is 0.635 bits per heavy atom. The molecule has 63 heavy (non-hydrogen) atoms. The predicted molar refractivity (Wildman–Crippen MR) is 270 cm³/mol. The predicted octanol–water partition coefficient (Wildman–Crippen LogP) is 15.4. The van der Waals surface area contributed by atoms with E-state index in [-0.39, 0.29) is 19.3 Å². The van der Waals surface area contributed by atoms with E-state index >= 15 is 0 Å². The molecule has 0 radical (unpaired) electrons. The number of carbonyl (C=O) groups excluding carboxylic acids is 3. The minimum Gasteiger partial charge on any atom is -0.382 e. The van der Waals surface area contributed by atoms with Crippen molar-refractivity contribution in [2.45, 2.75) is 257 Å². The molecule has 360 valence electrons. The van der Waals surface area contributed by atoms with Crippen molar-refractivity contribution in [3.8, 4) is 0 Å². The van der Waals surface area contributed by atoms with Gasteiger partial charge in [-0.25, -0.2) is 0 Å². The number of ketones is 3. The normalized spacial score (nSPS) is 14.5. The Balaban J connectivity index is 4.93. The van der Waals surface area contributed by atoms with E-state index in [1.165, 1.54) is 38.5 Å². The van der Waals surface area contributed by atoms with Crippen molar-refractivity contribution in [2.75, 3.05) is 0 Å². The van der Waals surface area contributed by atoms with Gasteiger partial charge in [-0.15, -0.1) is 0 Å². The average molecular weight is 877 g/mol. The first-order valence-electron chi connectivity index (χ1n) is 26.0. The molecule has 0 aliphatic rings. The van der Waals surface area contributed by atoms with Crippen LogP contribution < -0.4 is 0 Å². The molecule has 6 nitrogen and oxygen atoms in total. The Kier molecular flexibility index (Phi) is 43.5. The van der Waals surface area contributed by atoms with Gasteiger partial charge in [0.15, 0.2) is 35.2 Å². The summed E-state index contributed by atoms with van der Waals surface area (Å²) in [5, 5.41) is 34.1. The lowest BCUT2D eigenvalue weighted by Gasteiger charge is -2.34. The van der Waals surface area contributed by atoms with Crippen molar-refractivity contribution in [3.63, 3.8) is 0 Å². The number of hydrogen-bond donors (Lipinski definition) is 3. The van der Waals surface area contributed by atoms with Gasteiger partial charge in [0.25, 0.3) is 0 Å². The lowest BCUT2D eigenvalue weighted by Crippen LogP contribution is -2.63. The van der Waals surface area contributed by atoms with E-state index in [2.05, 4.69) is 106 Å². The van der Waals surface area contributed by atoms with Gasteiger partial charge in [-0.3, -0.25) is 14.4 Å². The summed E-state index contributed by atoms with van der Waals surface area (Å²) in [5.41, 5.74) is -2.84. The number of carbonyl (C=O) groups is 3. The van der Waals surface area contributed by atoms with E-state index in [9.17, 15) is 29.7 Å². The van der Waals surface area contributed by atoms with Gasteiger partial charge in [-0.1, -0.05) is 189 Å². The van der Waals surface area contributed by atoms with Gasteiger partial charge in [-0.05, 0) is 116 Å². The molecule has 0 saturated carbocycles. The van der Waals surface area contributed by atoms with Crippen LogP contribution in [0.3, 0.4) is 0 Å². The van der Waals surface area contributed by atoms with Crippen LogP contribution >= 0.6 is 0 Å². The van der Waals surface area contributed by atoms with Crippen molar-refractivity contribution >= 4 is 17.3 Å². The molecule has 0 spiro atoms. The second-order valence-corrected chi connectivity index (χ2v) is 17.5. The highest BCUT2D eigenvalue weighted by atomic mass is 16.4. The van der Waals surface area contributed by atoms with Gasteiger partial charge >= 0.3 is 0 Å². The summed E-state index contributed by atoms with van der Waals surface area (Å²) in [7, 11) is 0. The third-order valence-electron chi connectivity index (χ3n) is 11.7. The Labute approximate surface area is 387 Å². The summed E-state index contributed by atoms with van der Waals surface area (Å²) < 4.78 is 0. The average Bonchev–Trinajstić information content (AvgIpc) is 3.29. The molecule has 3 atom stereocenters. The van der Waals surface area contributed by atoms with Gasteiger partial charge in [0.1, 0.15) is 0 Å². The first-order valence-corrected chi connectivity index (χ1v) is 26.0. The maximum absolute atomic E-state index is 13.6. The number of rotatable bonds is 46. The van der Waals surface area contributed by atoms with E-state index in [1.807, 2.05) is 0 Å². The molecule has 3 N–H and O–H groups in total. The van der Waals surface area contributed by atoms with Crippen LogP contribution in [0.1, 0.15) is 239 Å². The molecule has 0 fully saturated rings. The number of aliphatic hydroxyl groups excluding tert-OH is 2. The lowest BCUT2D eigenvalue weighted by molar-refractivity contribution is -0.181. The minimum atomic E-state index is -2.84. The quantitative estimate of drug-likeness (QED) is 0.0415. The van der Waals surface area contributed by atoms with Gasteiger partial charge in [0.2, 0.25) is 0 Å². The fourth-order valence-electron chi connectivity index (χ4n) is 7.55. The second-order valence-electron chi connectivity index (χ2n) is 17.5. The van der Waals surface area contributed by atoms with Crippen LogP contribution in [-0.4, -0.2) is 50.5 Å². The highest BCUT2D eigenvalue weighted by Gasteiger charge is 2.53. The maximum atomic E-state index is 13.6. The van der Waals surface area contributed by atoms with Crippen molar-refractivity contribution in [2.24, 2.45) is 0 Å². The Hall–Kier alpha value is -2.93. The van der Waals surface area contributed by atoms with E-state index < -0.39 is 35.2 Å². The van der Waals surface area contributed by atoms with Crippen molar-refractivity contribution in [1.29, 1.82) is 0 Å². The summed E-state index contributed by atoms with van der Waals surface area (Å²) in [6.45, 7) is 6.57. The summed E-state index contributed by atoms with van der Waals surface area (Å²) in [6.07, 6.45) is 57.2. The van der Waals surface area contributed by atoms with Crippen LogP contribution in [0.25, 0.3) is 0 Å². The van der Waals surface area contributed by atoms with Gasteiger partial charge < -0.3 is 15.3 Å². The highest BCUT2D eigenvalue weighted by molar-refractivity contribution is 6.01. The fourth-order valence-corrected chi connectivity index (χ4v) is 7.55. The molecule has 0 aliphatic heterocycles. The summed E-state index contributed by atoms with van der Waals surface area (Å²) >= 11 is 0. The highest BCUT2D eigenvalue weighted by Crippen LogP contribution is 2.26. The molecule has 3 unspecified atom stereocenters. The number of aliphatic hydroxyl groups is 3. The molecule has 0 saturated heterocycles. The summed E-state index contributed by atoms with van der Waals surface area (Å²) in [5.74, 6) is -2.22. The monoisotopic (exact) mass is 877 g/mol. The third-order valence-corrected chi connectivity index (χ3v) is 11.7. The Morgan fingerprint density at radius 1 is 0.365 bits per heavy atom. The van der Waals surface area contributed by atoms with Crippen molar-refractivity contribution < 1.29 is 29.7 Å². The smallest absolute Gasteiger partial charge is 0.189 e. The first-order chi connectivity index (χ1) is 30.8. The largest absolute Gasteiger partial charge is 0.382 e.